The molecule has 0 spiro atoms. The smallest absolute Gasteiger partial charge is 0.305 e. The van der Waals surface area contributed by atoms with E-state index in [2.05, 4.69) is 6.92 Å². The van der Waals surface area contributed by atoms with E-state index in [1.165, 1.54) is 0 Å². The quantitative estimate of drug-likeness (QED) is 0.485. The van der Waals surface area contributed by atoms with Gasteiger partial charge >= 0.3 is 5.97 Å². The Hall–Kier alpha value is -0.570. The molecule has 0 saturated carbocycles. The third kappa shape index (κ3) is 11.4. The van der Waals surface area contributed by atoms with Crippen molar-refractivity contribution in [2.24, 2.45) is 5.41 Å². The summed E-state index contributed by atoms with van der Waals surface area (Å²) in [4.78, 5) is 11.2. The van der Waals surface area contributed by atoms with Gasteiger partial charge in [-0.05, 0) is 18.3 Å². The first-order valence-corrected chi connectivity index (χ1v) is 5.69. The highest BCUT2D eigenvalue weighted by Crippen LogP contribution is 2.13. The molecule has 0 aliphatic rings. The van der Waals surface area contributed by atoms with Crippen molar-refractivity contribution in [2.45, 2.75) is 47.0 Å². The highest BCUT2D eigenvalue weighted by Gasteiger charge is 2.13. The van der Waals surface area contributed by atoms with Crippen molar-refractivity contribution >= 4 is 5.97 Å². The Bertz CT molecular complexity index is 170. The summed E-state index contributed by atoms with van der Waals surface area (Å²) in [7, 11) is 0. The van der Waals surface area contributed by atoms with E-state index in [1.54, 1.807) is 0 Å². The van der Waals surface area contributed by atoms with Crippen LogP contribution < -0.4 is 0 Å². The molecule has 90 valence electrons. The van der Waals surface area contributed by atoms with Crippen LogP contribution in [0, 0.1) is 5.41 Å². The van der Waals surface area contributed by atoms with Gasteiger partial charge in [0.1, 0.15) is 0 Å². The third-order valence-corrected chi connectivity index (χ3v) is 1.68. The molecule has 0 saturated heterocycles. The molecule has 0 N–H and O–H groups in total. The topological polar surface area (TPSA) is 35.5 Å². The van der Waals surface area contributed by atoms with Crippen LogP contribution in [0.4, 0.5) is 0 Å². The average Bonchev–Trinajstić information content (AvgIpc) is 2.13. The molecule has 0 aliphatic carbocycles. The molecule has 0 heterocycles. The Morgan fingerprint density at radius 3 is 2.40 bits per heavy atom. The van der Waals surface area contributed by atoms with Gasteiger partial charge in [-0.1, -0.05) is 27.7 Å². The minimum Gasteiger partial charge on any atom is -0.465 e. The third-order valence-electron chi connectivity index (χ3n) is 1.68. The van der Waals surface area contributed by atoms with Crippen LogP contribution in [0.2, 0.25) is 0 Å². The maximum Gasteiger partial charge on any atom is 0.305 e. The van der Waals surface area contributed by atoms with E-state index in [4.69, 9.17) is 9.47 Å². The maximum absolute atomic E-state index is 11.2. The lowest BCUT2D eigenvalue weighted by Gasteiger charge is -2.17. The minimum absolute atomic E-state index is 0.0500. The van der Waals surface area contributed by atoms with Crippen LogP contribution in [0.15, 0.2) is 0 Å². The van der Waals surface area contributed by atoms with E-state index in [9.17, 15) is 4.79 Å². The molecule has 0 amide bonds. The van der Waals surface area contributed by atoms with E-state index in [0.717, 1.165) is 19.4 Å². The molecule has 0 unspecified atom stereocenters. The Morgan fingerprint density at radius 1 is 1.20 bits per heavy atom. The minimum atomic E-state index is -0.120. The normalized spacial score (nSPS) is 11.5. The Morgan fingerprint density at radius 2 is 1.87 bits per heavy atom. The Balaban J connectivity index is 3.34. The van der Waals surface area contributed by atoms with Gasteiger partial charge in [0.25, 0.3) is 0 Å². The van der Waals surface area contributed by atoms with Crippen molar-refractivity contribution in [3.05, 3.63) is 0 Å². The predicted molar refractivity (Wildman–Crippen MR) is 60.8 cm³/mol. The van der Waals surface area contributed by atoms with Gasteiger partial charge < -0.3 is 9.47 Å². The zero-order chi connectivity index (χ0) is 11.7. The van der Waals surface area contributed by atoms with E-state index in [0.29, 0.717) is 19.6 Å². The summed E-state index contributed by atoms with van der Waals surface area (Å²) >= 11 is 0. The van der Waals surface area contributed by atoms with E-state index < -0.39 is 0 Å². The first-order chi connectivity index (χ1) is 6.95. The van der Waals surface area contributed by atoms with E-state index >= 15 is 0 Å². The second-order valence-electron chi connectivity index (χ2n) is 4.94. The van der Waals surface area contributed by atoms with Crippen LogP contribution in [0.3, 0.4) is 0 Å². The molecule has 3 heteroatoms. The maximum atomic E-state index is 11.2. The van der Waals surface area contributed by atoms with Crippen LogP contribution in [-0.2, 0) is 14.3 Å². The van der Waals surface area contributed by atoms with Crippen LogP contribution in [0.1, 0.15) is 47.0 Å². The van der Waals surface area contributed by atoms with Crippen molar-refractivity contribution in [1.82, 2.24) is 0 Å². The molecule has 0 radical (unpaired) electrons. The van der Waals surface area contributed by atoms with Gasteiger partial charge in [-0.3, -0.25) is 4.79 Å². The van der Waals surface area contributed by atoms with Gasteiger partial charge in [-0.2, -0.15) is 0 Å². The Labute approximate surface area is 93.1 Å². The largest absolute Gasteiger partial charge is 0.465 e. The van der Waals surface area contributed by atoms with E-state index in [1.807, 2.05) is 20.8 Å². The molecule has 0 aromatic carbocycles. The van der Waals surface area contributed by atoms with Gasteiger partial charge in [-0.15, -0.1) is 0 Å². The summed E-state index contributed by atoms with van der Waals surface area (Å²) in [5, 5.41) is 0. The molecular formula is C12H24O3. The molecule has 0 bridgehead atoms. The second-order valence-corrected chi connectivity index (χ2v) is 4.94. The van der Waals surface area contributed by atoms with Crippen LogP contribution in [0.25, 0.3) is 0 Å². The number of esters is 1. The SMILES string of the molecule is CCCOCCCC(=O)OCC(C)(C)C. The lowest BCUT2D eigenvalue weighted by atomic mass is 9.99. The number of ether oxygens (including phenoxy) is 2. The summed E-state index contributed by atoms with van der Waals surface area (Å²) < 4.78 is 10.4. The summed E-state index contributed by atoms with van der Waals surface area (Å²) in [5.41, 5.74) is 0.0500. The number of carbonyl (C=O) groups is 1. The molecule has 0 aromatic heterocycles. The fourth-order valence-electron chi connectivity index (χ4n) is 0.934. The summed E-state index contributed by atoms with van der Waals surface area (Å²) in [6.07, 6.45) is 2.23. The van der Waals surface area contributed by atoms with Crippen LogP contribution in [0.5, 0.6) is 0 Å². The molecule has 15 heavy (non-hydrogen) atoms. The molecule has 0 atom stereocenters. The summed E-state index contributed by atoms with van der Waals surface area (Å²) in [6, 6.07) is 0. The first-order valence-electron chi connectivity index (χ1n) is 5.69. The molecular weight excluding hydrogens is 192 g/mol. The van der Waals surface area contributed by atoms with Gasteiger partial charge in [0.05, 0.1) is 6.61 Å². The van der Waals surface area contributed by atoms with Crippen molar-refractivity contribution < 1.29 is 14.3 Å². The molecule has 0 aromatic rings. The summed E-state index contributed by atoms with van der Waals surface area (Å²) in [6.45, 7) is 10.1. The highest BCUT2D eigenvalue weighted by molar-refractivity contribution is 5.69. The molecule has 0 aliphatic heterocycles. The highest BCUT2D eigenvalue weighted by atomic mass is 16.5. The van der Waals surface area contributed by atoms with Crippen molar-refractivity contribution in [1.29, 1.82) is 0 Å². The monoisotopic (exact) mass is 216 g/mol. The predicted octanol–water partition coefficient (Wildman–Crippen LogP) is 2.78. The number of rotatable bonds is 7. The summed E-state index contributed by atoms with van der Waals surface area (Å²) in [5.74, 6) is -0.120. The zero-order valence-electron chi connectivity index (χ0n) is 10.5. The second kappa shape index (κ2) is 7.69. The van der Waals surface area contributed by atoms with Crippen molar-refractivity contribution in [3.8, 4) is 0 Å². The average molecular weight is 216 g/mol. The van der Waals surface area contributed by atoms with E-state index in [-0.39, 0.29) is 11.4 Å². The van der Waals surface area contributed by atoms with Gasteiger partial charge in [-0.25, -0.2) is 0 Å². The van der Waals surface area contributed by atoms with Gasteiger partial charge in [0, 0.05) is 19.6 Å². The zero-order valence-corrected chi connectivity index (χ0v) is 10.5. The lowest BCUT2D eigenvalue weighted by Crippen LogP contribution is -2.18. The first kappa shape index (κ1) is 14.4. The standard InChI is InChI=1S/C12H24O3/c1-5-8-14-9-6-7-11(13)15-10-12(2,3)4/h5-10H2,1-4H3. The molecule has 0 rings (SSSR count). The van der Waals surface area contributed by atoms with Crippen molar-refractivity contribution in [3.63, 3.8) is 0 Å². The number of carbonyl (C=O) groups excluding carboxylic acids is 1. The molecule has 0 fully saturated rings. The van der Waals surface area contributed by atoms with Gasteiger partial charge in [0.2, 0.25) is 0 Å². The lowest BCUT2D eigenvalue weighted by molar-refractivity contribution is -0.146. The number of hydrogen-bond acceptors (Lipinski definition) is 3. The van der Waals surface area contributed by atoms with Crippen molar-refractivity contribution in [2.75, 3.05) is 19.8 Å². The Kier molecular flexibility index (Phi) is 7.39. The molecule has 3 nitrogen and oxygen atoms in total. The van der Waals surface area contributed by atoms with Crippen LogP contribution in [-0.4, -0.2) is 25.8 Å². The van der Waals surface area contributed by atoms with Crippen LogP contribution >= 0.6 is 0 Å². The number of hydrogen-bond donors (Lipinski definition) is 0. The van der Waals surface area contributed by atoms with Gasteiger partial charge in [0.15, 0.2) is 0 Å². The fourth-order valence-corrected chi connectivity index (χ4v) is 0.934. The fraction of sp³-hybridized carbons (Fsp3) is 0.917.